The standard InChI is InChI=1S/C31H42ClF2N5O3.C2HF3O2/c1-4-5-25-20-38(27(28(40)36-15-14-33)19-22-6-10-23(32)11-7-22)16-17-39(25)29(41)26(37-30(42)31(2,3)35)18-21-8-12-24(34)13-9-21;3-2(4,5)1(6)7/h6-13,25-27H,4-5,14-20,35H2,1-3H3,(H,36,40)(H,37,42);(H,6,7). The van der Waals surface area contributed by atoms with E-state index in [2.05, 4.69) is 10.6 Å². The monoisotopic (exact) mass is 719 g/mol. The second kappa shape index (κ2) is 18.8. The zero-order valence-corrected chi connectivity index (χ0v) is 28.3. The van der Waals surface area contributed by atoms with E-state index in [1.807, 2.05) is 24.0 Å². The molecule has 10 nitrogen and oxygen atoms in total. The fourth-order valence-electron chi connectivity index (χ4n) is 5.15. The first-order valence-corrected chi connectivity index (χ1v) is 16.0. The number of alkyl halides is 4. The third-order valence-corrected chi connectivity index (χ3v) is 7.93. The van der Waals surface area contributed by atoms with Gasteiger partial charge in [-0.25, -0.2) is 13.6 Å². The molecule has 2 aromatic rings. The lowest BCUT2D eigenvalue weighted by molar-refractivity contribution is -0.192. The summed E-state index contributed by atoms with van der Waals surface area (Å²) in [4.78, 5) is 52.8. The lowest BCUT2D eigenvalue weighted by Gasteiger charge is -2.45. The number of nitrogens with zero attached hydrogens (tertiary/aromatic N) is 2. The highest BCUT2D eigenvalue weighted by atomic mass is 35.5. The lowest BCUT2D eigenvalue weighted by Crippen LogP contribution is -2.64. The van der Waals surface area contributed by atoms with E-state index in [-0.39, 0.29) is 30.8 Å². The summed E-state index contributed by atoms with van der Waals surface area (Å²) >= 11 is 6.05. The molecule has 0 saturated carbocycles. The van der Waals surface area contributed by atoms with Gasteiger partial charge in [-0.2, -0.15) is 13.2 Å². The number of benzene rings is 2. The first-order valence-electron chi connectivity index (χ1n) is 15.6. The molecule has 0 spiro atoms. The van der Waals surface area contributed by atoms with E-state index >= 15 is 0 Å². The number of nitrogens with two attached hydrogens (primary N) is 1. The van der Waals surface area contributed by atoms with E-state index in [1.165, 1.54) is 12.1 Å². The molecule has 16 heteroatoms. The van der Waals surface area contributed by atoms with E-state index < -0.39 is 48.2 Å². The van der Waals surface area contributed by atoms with Crippen LogP contribution in [0.25, 0.3) is 0 Å². The molecule has 1 heterocycles. The van der Waals surface area contributed by atoms with Crippen LogP contribution in [-0.4, -0.2) is 101 Å². The molecule has 1 fully saturated rings. The summed E-state index contributed by atoms with van der Waals surface area (Å²) in [6.45, 7) is 5.59. The quantitative estimate of drug-likeness (QED) is 0.230. The Bertz CT molecular complexity index is 1390. The van der Waals surface area contributed by atoms with Crippen molar-refractivity contribution in [3.8, 4) is 0 Å². The summed E-state index contributed by atoms with van der Waals surface area (Å²) in [5, 5.41) is 13.2. The van der Waals surface area contributed by atoms with Gasteiger partial charge in [0.25, 0.3) is 0 Å². The van der Waals surface area contributed by atoms with E-state index in [1.54, 1.807) is 43.0 Å². The second-order valence-corrected chi connectivity index (χ2v) is 12.6. The van der Waals surface area contributed by atoms with Crippen LogP contribution in [0, 0.1) is 5.82 Å². The number of carbonyl (C=O) groups excluding carboxylic acids is 3. The normalized spacial score (nSPS) is 16.5. The summed E-state index contributed by atoms with van der Waals surface area (Å²) in [5.74, 6) is -4.15. The predicted molar refractivity (Wildman–Crippen MR) is 174 cm³/mol. The van der Waals surface area contributed by atoms with Gasteiger partial charge in [-0.1, -0.05) is 49.2 Å². The molecule has 5 N–H and O–H groups in total. The van der Waals surface area contributed by atoms with E-state index in [0.29, 0.717) is 43.1 Å². The van der Waals surface area contributed by atoms with Gasteiger partial charge in [0, 0.05) is 43.7 Å². The van der Waals surface area contributed by atoms with Crippen LogP contribution in [-0.2, 0) is 32.0 Å². The predicted octanol–water partition coefficient (Wildman–Crippen LogP) is 3.89. The average molecular weight is 720 g/mol. The highest BCUT2D eigenvalue weighted by Gasteiger charge is 2.39. The van der Waals surface area contributed by atoms with Gasteiger partial charge in [-0.3, -0.25) is 19.3 Å². The van der Waals surface area contributed by atoms with Crippen LogP contribution >= 0.6 is 11.6 Å². The van der Waals surface area contributed by atoms with Crippen molar-refractivity contribution < 1.29 is 46.2 Å². The van der Waals surface area contributed by atoms with E-state index in [0.717, 1.165) is 12.0 Å². The fraction of sp³-hybridized carbons (Fsp3) is 0.515. The number of rotatable bonds is 13. The van der Waals surface area contributed by atoms with Crippen LogP contribution in [0.15, 0.2) is 48.5 Å². The van der Waals surface area contributed by atoms with Crippen LogP contribution in [0.1, 0.15) is 44.7 Å². The van der Waals surface area contributed by atoms with Crippen LogP contribution in [0.4, 0.5) is 22.0 Å². The Morgan fingerprint density at radius 3 is 2.06 bits per heavy atom. The van der Waals surface area contributed by atoms with Crippen molar-refractivity contribution in [2.45, 2.75) is 76.3 Å². The zero-order chi connectivity index (χ0) is 36.9. The third kappa shape index (κ3) is 13.5. The van der Waals surface area contributed by atoms with Gasteiger partial charge in [0.2, 0.25) is 17.7 Å². The number of carboxylic acids is 1. The van der Waals surface area contributed by atoms with Crippen LogP contribution in [0.3, 0.4) is 0 Å². The molecule has 3 unspecified atom stereocenters. The molecule has 49 heavy (non-hydrogen) atoms. The van der Waals surface area contributed by atoms with Crippen molar-refractivity contribution in [1.82, 2.24) is 20.4 Å². The molecule has 0 bridgehead atoms. The molecule has 3 rings (SSSR count). The van der Waals surface area contributed by atoms with Crippen molar-refractivity contribution in [3.05, 3.63) is 70.5 Å². The van der Waals surface area contributed by atoms with Crippen LogP contribution in [0.2, 0.25) is 5.02 Å². The van der Waals surface area contributed by atoms with Gasteiger partial charge < -0.3 is 26.4 Å². The Hall–Kier alpha value is -3.82. The average Bonchev–Trinajstić information content (AvgIpc) is 3.03. The van der Waals surface area contributed by atoms with Gasteiger partial charge >= 0.3 is 12.1 Å². The molecular formula is C33H43ClF5N5O5. The van der Waals surface area contributed by atoms with Gasteiger partial charge in [0.05, 0.1) is 11.6 Å². The summed E-state index contributed by atoms with van der Waals surface area (Å²) in [7, 11) is 0. The minimum Gasteiger partial charge on any atom is -0.475 e. The Labute approximate surface area is 287 Å². The maximum Gasteiger partial charge on any atom is 0.490 e. The molecule has 2 aromatic carbocycles. The summed E-state index contributed by atoms with van der Waals surface area (Å²) < 4.78 is 58.2. The molecule has 0 aliphatic carbocycles. The van der Waals surface area contributed by atoms with Crippen LogP contribution in [0.5, 0.6) is 0 Å². The molecule has 1 saturated heterocycles. The number of carbonyl (C=O) groups is 4. The minimum absolute atomic E-state index is 0.0744. The number of aliphatic carboxylic acids is 1. The molecule has 3 amide bonds. The molecule has 272 valence electrons. The fourth-order valence-corrected chi connectivity index (χ4v) is 5.28. The minimum atomic E-state index is -5.08. The van der Waals surface area contributed by atoms with Crippen molar-refractivity contribution in [2.24, 2.45) is 5.73 Å². The van der Waals surface area contributed by atoms with Crippen molar-refractivity contribution in [3.63, 3.8) is 0 Å². The summed E-state index contributed by atoms with van der Waals surface area (Å²) in [6.07, 6.45) is -3.04. The Kier molecular flexibility index (Phi) is 15.9. The Balaban J connectivity index is 0.00000107. The lowest BCUT2D eigenvalue weighted by atomic mass is 9.97. The highest BCUT2D eigenvalue weighted by Crippen LogP contribution is 2.22. The topological polar surface area (TPSA) is 145 Å². The van der Waals surface area contributed by atoms with Crippen molar-refractivity contribution in [1.29, 1.82) is 0 Å². The smallest absolute Gasteiger partial charge is 0.475 e. The maximum atomic E-state index is 14.0. The van der Waals surface area contributed by atoms with Gasteiger partial charge in [-0.15, -0.1) is 0 Å². The number of nitrogens with one attached hydrogen (secondary N) is 2. The molecule has 1 aliphatic rings. The van der Waals surface area contributed by atoms with Crippen molar-refractivity contribution in [2.75, 3.05) is 32.9 Å². The first kappa shape index (κ1) is 41.4. The Morgan fingerprint density at radius 2 is 1.55 bits per heavy atom. The molecule has 0 radical (unpaired) electrons. The highest BCUT2D eigenvalue weighted by molar-refractivity contribution is 6.30. The van der Waals surface area contributed by atoms with Crippen LogP contribution < -0.4 is 16.4 Å². The maximum absolute atomic E-state index is 14.0. The largest absolute Gasteiger partial charge is 0.490 e. The van der Waals surface area contributed by atoms with E-state index in [4.69, 9.17) is 27.2 Å². The number of piperazine rings is 1. The van der Waals surface area contributed by atoms with Crippen molar-refractivity contribution >= 4 is 35.3 Å². The number of carboxylic acid groups (broad SMARTS) is 1. The van der Waals surface area contributed by atoms with Gasteiger partial charge in [0.15, 0.2) is 0 Å². The van der Waals surface area contributed by atoms with Gasteiger partial charge in [0.1, 0.15) is 18.5 Å². The molecule has 1 aliphatic heterocycles. The number of halogens is 6. The number of amides is 3. The summed E-state index contributed by atoms with van der Waals surface area (Å²) in [5.41, 5.74) is 6.43. The molecular weight excluding hydrogens is 677 g/mol. The first-order chi connectivity index (χ1) is 22.9. The number of hydrogen-bond donors (Lipinski definition) is 4. The molecule has 0 aromatic heterocycles. The third-order valence-electron chi connectivity index (χ3n) is 7.68. The second-order valence-electron chi connectivity index (χ2n) is 12.2. The molecule has 3 atom stereocenters. The van der Waals surface area contributed by atoms with E-state index in [9.17, 15) is 36.3 Å². The SMILES string of the molecule is CCCC1CN(C(Cc2ccc(Cl)cc2)C(=O)NCCF)CCN1C(=O)C(Cc1ccc(F)cc1)NC(=O)C(C)(C)N.O=C(O)C(F)(F)F. The number of hydrogen-bond acceptors (Lipinski definition) is 6. The summed E-state index contributed by atoms with van der Waals surface area (Å²) in [6, 6.07) is 11.4. The Morgan fingerprint density at radius 1 is 1.00 bits per heavy atom. The van der Waals surface area contributed by atoms with Gasteiger partial charge in [-0.05, 0) is 62.1 Å². The zero-order valence-electron chi connectivity index (χ0n) is 27.5.